The number of imide groups is 1. The van der Waals surface area contributed by atoms with Gasteiger partial charge in [-0.1, -0.05) is 61.4 Å². The van der Waals surface area contributed by atoms with Gasteiger partial charge in [0.2, 0.25) is 6.54 Å². The zero-order valence-corrected chi connectivity index (χ0v) is 27.7. The number of aromatic hydroxyl groups is 1. The molecule has 3 aromatic carbocycles. The van der Waals surface area contributed by atoms with E-state index in [4.69, 9.17) is 9.57 Å². The van der Waals surface area contributed by atoms with Gasteiger partial charge in [0.15, 0.2) is 6.54 Å². The molecule has 3 aromatic rings. The first-order valence-corrected chi connectivity index (χ1v) is 16.7. The monoisotopic (exact) mass is 662 g/mol. The number of rotatable bonds is 20. The zero-order valence-electron chi connectivity index (χ0n) is 27.7. The van der Waals surface area contributed by atoms with E-state index in [1.807, 2.05) is 48.5 Å². The van der Waals surface area contributed by atoms with E-state index in [2.05, 4.69) is 5.32 Å². The van der Waals surface area contributed by atoms with Gasteiger partial charge in [0, 0.05) is 37.8 Å². The number of anilines is 1. The molecule has 1 aliphatic rings. The largest absolute Gasteiger partial charge is 0.508 e. The van der Waals surface area contributed by atoms with Crippen molar-refractivity contribution in [1.82, 2.24) is 5.32 Å². The van der Waals surface area contributed by atoms with Crippen LogP contribution in [0.4, 0.5) is 10.5 Å². The third-order valence-electron chi connectivity index (χ3n) is 8.33. The fourth-order valence-corrected chi connectivity index (χ4v) is 5.84. The van der Waals surface area contributed by atoms with Crippen LogP contribution in [0.3, 0.4) is 0 Å². The molecule has 11 nitrogen and oxygen atoms in total. The van der Waals surface area contributed by atoms with E-state index in [0.717, 1.165) is 67.5 Å². The lowest BCUT2D eigenvalue weighted by Crippen LogP contribution is -2.51. The van der Waals surface area contributed by atoms with E-state index in [1.165, 1.54) is 13.0 Å². The fourth-order valence-electron chi connectivity index (χ4n) is 5.84. The molecule has 1 unspecified atom stereocenters. The average molecular weight is 663 g/mol. The molecule has 1 fully saturated rings. The minimum absolute atomic E-state index is 0.0228. The Bertz CT molecular complexity index is 1500. The van der Waals surface area contributed by atoms with Crippen LogP contribution in [0.25, 0.3) is 0 Å². The van der Waals surface area contributed by atoms with Gasteiger partial charge in [-0.3, -0.25) is 9.63 Å². The number of phenols is 1. The number of nitrogens with zero attached hydrogens (tertiary/aromatic N) is 2. The molecule has 1 heterocycles. The molecule has 0 radical (unpaired) electrons. The van der Waals surface area contributed by atoms with Crippen LogP contribution >= 0.6 is 0 Å². The van der Waals surface area contributed by atoms with Gasteiger partial charge in [0.05, 0.1) is 18.4 Å². The number of hydrogen-bond acceptors (Lipinski definition) is 9. The molecule has 11 heteroatoms. The number of aliphatic hydroxyl groups excluding tert-OH is 2. The predicted octanol–water partition coefficient (Wildman–Crippen LogP) is 5.07. The number of carbonyl (C=O) groups is 3. The summed E-state index contributed by atoms with van der Waals surface area (Å²) >= 11 is 0. The van der Waals surface area contributed by atoms with E-state index >= 15 is 0 Å². The first-order valence-electron chi connectivity index (χ1n) is 16.7. The second-order valence-electron chi connectivity index (χ2n) is 12.2. The predicted molar refractivity (Wildman–Crippen MR) is 180 cm³/mol. The number of quaternary nitrogens is 1. The van der Waals surface area contributed by atoms with Crippen LogP contribution in [0.15, 0.2) is 72.8 Å². The summed E-state index contributed by atoms with van der Waals surface area (Å²) in [5.74, 6) is -1.02. The molecule has 0 aliphatic carbocycles. The van der Waals surface area contributed by atoms with Gasteiger partial charge in [-0.05, 0) is 78.7 Å². The lowest BCUT2D eigenvalue weighted by atomic mass is 10.1. The maximum Gasteiger partial charge on any atom is 0.473 e. The number of nitrogens with one attached hydrogen (secondary N) is 1. The minimum Gasteiger partial charge on any atom is -0.508 e. The maximum atomic E-state index is 13.6. The molecule has 0 aromatic heterocycles. The number of amides is 3. The van der Waals surface area contributed by atoms with Crippen molar-refractivity contribution in [3.8, 4) is 5.75 Å². The molecule has 0 saturated carbocycles. The number of aryl methyl sites for hydroxylation is 1. The van der Waals surface area contributed by atoms with E-state index in [9.17, 15) is 29.7 Å². The van der Waals surface area contributed by atoms with Crippen molar-refractivity contribution in [3.63, 3.8) is 0 Å². The van der Waals surface area contributed by atoms with Crippen molar-refractivity contribution in [2.75, 3.05) is 37.7 Å². The van der Waals surface area contributed by atoms with Crippen LogP contribution in [-0.2, 0) is 38.7 Å². The Hall–Kier alpha value is -4.13. The van der Waals surface area contributed by atoms with Crippen molar-refractivity contribution in [2.45, 2.75) is 71.1 Å². The zero-order chi connectivity index (χ0) is 34.4. The van der Waals surface area contributed by atoms with E-state index in [-0.39, 0.29) is 25.4 Å². The normalized spacial score (nSPS) is 16.8. The molecule has 48 heavy (non-hydrogen) atoms. The topological polar surface area (TPSA) is 146 Å². The van der Waals surface area contributed by atoms with E-state index < -0.39 is 28.7 Å². The molecule has 1 aliphatic heterocycles. The SMILES string of the molecule is CC(=O)O[N+]1(Cc2ccccc2)CC(=O)N(c2cccc(CCCCOCCCCCCNC[C@@H](O)c3ccc(O)c(CO)c3)c2)C1=O. The lowest BCUT2D eigenvalue weighted by molar-refractivity contribution is -1.02. The highest BCUT2D eigenvalue weighted by Crippen LogP contribution is 2.31. The Morgan fingerprint density at radius 3 is 2.40 bits per heavy atom. The quantitative estimate of drug-likeness (QED) is 0.0740. The fraction of sp³-hybridized carbons (Fsp3) is 0.432. The van der Waals surface area contributed by atoms with Crippen molar-refractivity contribution in [3.05, 3.63) is 95.1 Å². The molecule has 0 spiro atoms. The van der Waals surface area contributed by atoms with Crippen molar-refractivity contribution in [2.24, 2.45) is 0 Å². The molecular weight excluding hydrogens is 614 g/mol. The van der Waals surface area contributed by atoms with Crippen molar-refractivity contribution >= 4 is 23.6 Å². The minimum atomic E-state index is -0.726. The van der Waals surface area contributed by atoms with Gasteiger partial charge in [-0.2, -0.15) is 4.90 Å². The number of unbranched alkanes of at least 4 members (excludes halogenated alkanes) is 4. The third kappa shape index (κ3) is 10.4. The molecule has 0 bridgehead atoms. The second-order valence-corrected chi connectivity index (χ2v) is 12.2. The van der Waals surface area contributed by atoms with Gasteiger partial charge in [-0.15, -0.1) is 0 Å². The number of benzene rings is 3. The molecule has 258 valence electrons. The summed E-state index contributed by atoms with van der Waals surface area (Å²) in [6.45, 7) is 3.35. The highest BCUT2D eigenvalue weighted by atomic mass is 16.8. The van der Waals surface area contributed by atoms with Gasteiger partial charge in [0.1, 0.15) is 5.75 Å². The standard InChI is InChI=1S/C37H47N3O8/c1-28(42)48-40(25-30-13-5-4-6-14-30)26-36(45)39(37(40)46)33-16-11-15-29(22-33)12-7-10-21-47-20-9-3-2-8-19-38-24-35(44)31-17-18-34(43)32(23-31)27-41/h4-6,11,13-18,22-23,35,38,41,44H,2-3,7-10,12,19-21,24-27H2,1H3/p+1/t35-,40?/m1/s1. The number of hydrogen-bond donors (Lipinski definition) is 4. The van der Waals surface area contributed by atoms with Crippen LogP contribution in [0.2, 0.25) is 0 Å². The molecule has 3 amide bonds. The van der Waals surface area contributed by atoms with Gasteiger partial charge >= 0.3 is 12.0 Å². The first kappa shape index (κ1) is 36.7. The number of ether oxygens (including phenoxy) is 1. The van der Waals surface area contributed by atoms with Crippen LogP contribution in [-0.4, -0.2) is 70.7 Å². The van der Waals surface area contributed by atoms with E-state index in [0.29, 0.717) is 36.6 Å². The third-order valence-corrected chi connectivity index (χ3v) is 8.33. The number of carbonyl (C=O) groups excluding carboxylic acids is 3. The number of aliphatic hydroxyl groups is 2. The molecule has 4 rings (SSSR count). The van der Waals surface area contributed by atoms with Crippen LogP contribution in [0.5, 0.6) is 5.75 Å². The Morgan fingerprint density at radius 1 is 0.917 bits per heavy atom. The summed E-state index contributed by atoms with van der Waals surface area (Å²) in [6, 6.07) is 20.8. The Balaban J connectivity index is 1.10. The van der Waals surface area contributed by atoms with Crippen LogP contribution in [0, 0.1) is 0 Å². The summed E-state index contributed by atoms with van der Waals surface area (Å²) in [7, 11) is 0. The van der Waals surface area contributed by atoms with Crippen LogP contribution in [0.1, 0.15) is 73.8 Å². The Kier molecular flexibility index (Phi) is 14.1. The van der Waals surface area contributed by atoms with Crippen molar-refractivity contribution in [1.29, 1.82) is 0 Å². The Labute approximate surface area is 282 Å². The van der Waals surface area contributed by atoms with Gasteiger partial charge < -0.3 is 25.4 Å². The van der Waals surface area contributed by atoms with E-state index in [1.54, 1.807) is 18.2 Å². The van der Waals surface area contributed by atoms with Gasteiger partial charge in [-0.25, -0.2) is 9.59 Å². The van der Waals surface area contributed by atoms with Crippen LogP contribution < -0.4 is 10.2 Å². The first-order chi connectivity index (χ1) is 23.2. The smallest absolute Gasteiger partial charge is 0.473 e. The molecule has 2 atom stereocenters. The highest BCUT2D eigenvalue weighted by molar-refractivity contribution is 6.16. The number of hydroxylamine groups is 3. The summed E-state index contributed by atoms with van der Waals surface area (Å²) < 4.78 is 5.09. The molecular formula is C37H48N3O8+. The van der Waals surface area contributed by atoms with Crippen molar-refractivity contribution < 1.29 is 43.9 Å². The lowest BCUT2D eigenvalue weighted by Gasteiger charge is -2.26. The second kappa shape index (κ2) is 18.4. The average Bonchev–Trinajstić information content (AvgIpc) is 3.30. The molecule has 1 saturated heterocycles. The summed E-state index contributed by atoms with van der Waals surface area (Å²) in [5, 5.41) is 32.5. The van der Waals surface area contributed by atoms with Gasteiger partial charge in [0.25, 0.3) is 5.91 Å². The summed E-state index contributed by atoms with van der Waals surface area (Å²) in [5.41, 5.74) is 3.32. The molecule has 4 N–H and O–H groups in total. The number of urea groups is 1. The highest BCUT2D eigenvalue weighted by Gasteiger charge is 2.57. The Morgan fingerprint density at radius 2 is 1.65 bits per heavy atom. The summed E-state index contributed by atoms with van der Waals surface area (Å²) in [4.78, 5) is 45.3. The summed E-state index contributed by atoms with van der Waals surface area (Å²) in [6.07, 6.45) is 5.96. The maximum absolute atomic E-state index is 13.6.